The Bertz CT molecular complexity index is 573. The number of nitrogens with one attached hydrogen (secondary N) is 1. The van der Waals surface area contributed by atoms with Gasteiger partial charge in [0.1, 0.15) is 0 Å². The van der Waals surface area contributed by atoms with Gasteiger partial charge in [0, 0.05) is 32.0 Å². The third kappa shape index (κ3) is 4.77. The van der Waals surface area contributed by atoms with Gasteiger partial charge in [-0.1, -0.05) is 6.07 Å². The van der Waals surface area contributed by atoms with Gasteiger partial charge in [0.05, 0.1) is 4.90 Å². The number of rotatable bonds is 5. The van der Waals surface area contributed by atoms with Gasteiger partial charge in [-0.3, -0.25) is 4.79 Å². The van der Waals surface area contributed by atoms with Crippen molar-refractivity contribution in [2.75, 3.05) is 33.4 Å². The zero-order valence-corrected chi connectivity index (χ0v) is 13.8. The zero-order valence-electron chi connectivity index (χ0n) is 12.1. The highest BCUT2D eigenvalue weighted by Gasteiger charge is 2.17. The average molecular weight is 321 g/mol. The number of nitrogens with zero attached hydrogens (tertiary/aromatic N) is 1. The molecule has 0 heterocycles. The van der Waals surface area contributed by atoms with Crippen LogP contribution in [0.4, 0.5) is 0 Å². The third-order valence-corrected chi connectivity index (χ3v) is 4.02. The summed E-state index contributed by atoms with van der Waals surface area (Å²) in [5.74, 6) is -0.168. The van der Waals surface area contributed by atoms with Crippen molar-refractivity contribution in [3.8, 4) is 0 Å². The zero-order chi connectivity index (χ0) is 14.6. The van der Waals surface area contributed by atoms with Crippen LogP contribution < -0.4 is 5.32 Å². The normalized spacial score (nSPS) is 10.8. The van der Waals surface area contributed by atoms with Crippen molar-refractivity contribution in [3.05, 3.63) is 29.3 Å². The van der Waals surface area contributed by atoms with Crippen LogP contribution in [0.2, 0.25) is 0 Å². The number of halogens is 1. The van der Waals surface area contributed by atoms with E-state index in [4.69, 9.17) is 0 Å². The Labute approximate surface area is 126 Å². The molecular formula is C13H21ClN2O3S. The number of carbonyl (C=O) groups is 1. The first kappa shape index (κ1) is 18.9. The first-order valence-electron chi connectivity index (χ1n) is 5.98. The second-order valence-electron chi connectivity index (χ2n) is 4.58. The molecule has 20 heavy (non-hydrogen) atoms. The molecule has 0 saturated heterocycles. The number of carbonyl (C=O) groups excluding carboxylic acids is 1. The maximum absolute atomic E-state index is 12.3. The Kier molecular flexibility index (Phi) is 7.19. The molecule has 7 heteroatoms. The van der Waals surface area contributed by atoms with E-state index in [1.165, 1.54) is 12.1 Å². The van der Waals surface area contributed by atoms with Gasteiger partial charge in [-0.25, -0.2) is 8.42 Å². The lowest BCUT2D eigenvalue weighted by molar-refractivity contribution is 0.0796. The summed E-state index contributed by atoms with van der Waals surface area (Å²) in [5.41, 5.74) is 1.20. The molecule has 0 atom stereocenters. The number of hydrogen-bond acceptors (Lipinski definition) is 4. The minimum absolute atomic E-state index is 0. The molecule has 0 saturated carbocycles. The van der Waals surface area contributed by atoms with Gasteiger partial charge in [-0.15, -0.1) is 12.4 Å². The van der Waals surface area contributed by atoms with Crippen LogP contribution in [0.25, 0.3) is 0 Å². The van der Waals surface area contributed by atoms with Crippen LogP contribution in [0, 0.1) is 6.92 Å². The highest BCUT2D eigenvalue weighted by molar-refractivity contribution is 7.90. The van der Waals surface area contributed by atoms with Gasteiger partial charge in [-0.2, -0.15) is 0 Å². The fourth-order valence-electron chi connectivity index (χ4n) is 1.65. The number of aryl methyl sites for hydroxylation is 1. The fraction of sp³-hybridized carbons (Fsp3) is 0.462. The van der Waals surface area contributed by atoms with E-state index in [1.54, 1.807) is 24.9 Å². The molecule has 5 nitrogen and oxygen atoms in total. The average Bonchev–Trinajstić information content (AvgIpc) is 2.34. The van der Waals surface area contributed by atoms with E-state index in [1.807, 2.05) is 7.05 Å². The quantitative estimate of drug-likeness (QED) is 0.882. The molecule has 0 aliphatic rings. The van der Waals surface area contributed by atoms with Crippen molar-refractivity contribution in [1.82, 2.24) is 10.2 Å². The Morgan fingerprint density at radius 2 is 1.95 bits per heavy atom. The van der Waals surface area contributed by atoms with E-state index >= 15 is 0 Å². The maximum atomic E-state index is 12.3. The van der Waals surface area contributed by atoms with Gasteiger partial charge >= 0.3 is 0 Å². The summed E-state index contributed by atoms with van der Waals surface area (Å²) < 4.78 is 23.1. The lowest BCUT2D eigenvalue weighted by Gasteiger charge is -2.18. The molecular weight excluding hydrogens is 300 g/mol. The van der Waals surface area contributed by atoms with Gasteiger partial charge in [0.15, 0.2) is 9.84 Å². The van der Waals surface area contributed by atoms with Gasteiger partial charge in [0.25, 0.3) is 5.91 Å². The molecule has 0 bridgehead atoms. The lowest BCUT2D eigenvalue weighted by Crippen LogP contribution is -2.33. The molecule has 0 spiro atoms. The highest BCUT2D eigenvalue weighted by atomic mass is 35.5. The standard InChI is InChI=1S/C13H20N2O3S.ClH/c1-10-5-6-11(19(4,17)18)9-12(10)13(16)15(3)8-7-14-2;/h5-6,9,14H,7-8H2,1-4H3;1H. The summed E-state index contributed by atoms with van der Waals surface area (Å²) in [4.78, 5) is 14.0. The lowest BCUT2D eigenvalue weighted by atomic mass is 10.1. The smallest absolute Gasteiger partial charge is 0.253 e. The Balaban J connectivity index is 0.00000361. The summed E-state index contributed by atoms with van der Waals surface area (Å²) in [6.07, 6.45) is 1.14. The van der Waals surface area contributed by atoms with Crippen molar-refractivity contribution < 1.29 is 13.2 Å². The third-order valence-electron chi connectivity index (χ3n) is 2.91. The van der Waals surface area contributed by atoms with Crippen molar-refractivity contribution in [3.63, 3.8) is 0 Å². The predicted octanol–water partition coefficient (Wildman–Crippen LogP) is 1.11. The number of sulfone groups is 1. The van der Waals surface area contributed by atoms with Gasteiger partial charge in [-0.05, 0) is 31.7 Å². The molecule has 0 aromatic heterocycles. The van der Waals surface area contributed by atoms with E-state index < -0.39 is 9.84 Å². The molecule has 0 radical (unpaired) electrons. The Morgan fingerprint density at radius 1 is 1.35 bits per heavy atom. The summed E-state index contributed by atoms with van der Waals surface area (Å²) in [5, 5.41) is 2.97. The molecule has 0 aliphatic carbocycles. The summed E-state index contributed by atoms with van der Waals surface area (Å²) >= 11 is 0. The monoisotopic (exact) mass is 320 g/mol. The van der Waals surface area contributed by atoms with Crippen LogP contribution in [-0.2, 0) is 9.84 Å². The number of benzene rings is 1. The first-order chi connectivity index (χ1) is 8.77. The van der Waals surface area contributed by atoms with Gasteiger partial charge in [0.2, 0.25) is 0 Å². The number of hydrogen-bond donors (Lipinski definition) is 1. The van der Waals surface area contributed by atoms with Crippen LogP contribution in [-0.4, -0.2) is 52.7 Å². The van der Waals surface area contributed by atoms with E-state index in [-0.39, 0.29) is 23.2 Å². The SMILES string of the molecule is CNCCN(C)C(=O)c1cc(S(C)(=O)=O)ccc1C.Cl. The van der Waals surface area contributed by atoms with Crippen molar-refractivity contribution in [2.24, 2.45) is 0 Å². The molecule has 1 aromatic rings. The van der Waals surface area contributed by atoms with Crippen LogP contribution >= 0.6 is 12.4 Å². The number of likely N-dealkylation sites (N-methyl/N-ethyl adjacent to an activating group) is 2. The van der Waals surface area contributed by atoms with E-state index in [9.17, 15) is 13.2 Å². The summed E-state index contributed by atoms with van der Waals surface area (Å²) in [6.45, 7) is 3.05. The molecule has 1 rings (SSSR count). The predicted molar refractivity (Wildman–Crippen MR) is 82.4 cm³/mol. The molecule has 1 N–H and O–H groups in total. The molecule has 0 aliphatic heterocycles. The molecule has 1 aromatic carbocycles. The molecule has 0 unspecified atom stereocenters. The maximum Gasteiger partial charge on any atom is 0.253 e. The Morgan fingerprint density at radius 3 is 2.45 bits per heavy atom. The van der Waals surface area contributed by atoms with Crippen LogP contribution in [0.3, 0.4) is 0 Å². The second kappa shape index (κ2) is 7.61. The van der Waals surface area contributed by atoms with Crippen molar-refractivity contribution >= 4 is 28.2 Å². The van der Waals surface area contributed by atoms with E-state index in [0.717, 1.165) is 11.8 Å². The van der Waals surface area contributed by atoms with Crippen LogP contribution in [0.1, 0.15) is 15.9 Å². The minimum Gasteiger partial charge on any atom is -0.340 e. The largest absolute Gasteiger partial charge is 0.340 e. The summed E-state index contributed by atoms with van der Waals surface area (Å²) in [7, 11) is 0.213. The highest BCUT2D eigenvalue weighted by Crippen LogP contribution is 2.17. The Hall–Kier alpha value is -1.11. The van der Waals surface area contributed by atoms with E-state index in [0.29, 0.717) is 18.7 Å². The topological polar surface area (TPSA) is 66.5 Å². The fourth-order valence-corrected chi connectivity index (χ4v) is 2.30. The van der Waals surface area contributed by atoms with Crippen LogP contribution in [0.15, 0.2) is 23.1 Å². The van der Waals surface area contributed by atoms with Crippen molar-refractivity contribution in [1.29, 1.82) is 0 Å². The van der Waals surface area contributed by atoms with Crippen LogP contribution in [0.5, 0.6) is 0 Å². The summed E-state index contributed by atoms with van der Waals surface area (Å²) in [6, 6.07) is 4.63. The minimum atomic E-state index is -3.30. The van der Waals surface area contributed by atoms with Crippen molar-refractivity contribution in [2.45, 2.75) is 11.8 Å². The molecule has 114 valence electrons. The molecule has 1 amide bonds. The second-order valence-corrected chi connectivity index (χ2v) is 6.59. The van der Waals surface area contributed by atoms with Gasteiger partial charge < -0.3 is 10.2 Å². The molecule has 0 fully saturated rings. The number of amides is 1. The van der Waals surface area contributed by atoms with E-state index in [2.05, 4.69) is 5.32 Å². The first-order valence-corrected chi connectivity index (χ1v) is 7.87.